The van der Waals surface area contributed by atoms with Crippen LogP contribution in [0.5, 0.6) is 0 Å². The number of amides is 2. The SMILES string of the molecule is CN(Cc1ccccc1)C(=O)c1cc(NC(=O)c2cccc(Cl)c2)cnc1N1CCNCC1. The molecular formula is C25H26ClN5O2. The number of nitrogens with zero attached hydrogens (tertiary/aromatic N) is 3. The van der Waals surface area contributed by atoms with Gasteiger partial charge in [-0.3, -0.25) is 9.59 Å². The van der Waals surface area contributed by atoms with E-state index in [1.165, 1.54) is 0 Å². The molecule has 8 heteroatoms. The van der Waals surface area contributed by atoms with Crippen molar-refractivity contribution in [2.45, 2.75) is 6.54 Å². The predicted molar refractivity (Wildman–Crippen MR) is 131 cm³/mol. The second kappa shape index (κ2) is 10.5. The number of carbonyl (C=O) groups excluding carboxylic acids is 2. The molecule has 33 heavy (non-hydrogen) atoms. The fourth-order valence-corrected chi connectivity index (χ4v) is 3.97. The van der Waals surface area contributed by atoms with E-state index in [2.05, 4.69) is 20.5 Å². The van der Waals surface area contributed by atoms with E-state index in [9.17, 15) is 9.59 Å². The first-order valence-corrected chi connectivity index (χ1v) is 11.2. The van der Waals surface area contributed by atoms with Crippen LogP contribution in [0.4, 0.5) is 11.5 Å². The number of nitrogens with one attached hydrogen (secondary N) is 2. The largest absolute Gasteiger partial charge is 0.353 e. The van der Waals surface area contributed by atoms with Gasteiger partial charge >= 0.3 is 0 Å². The van der Waals surface area contributed by atoms with Crippen LogP contribution in [0.3, 0.4) is 0 Å². The third kappa shape index (κ3) is 5.69. The molecule has 7 nitrogen and oxygen atoms in total. The molecule has 0 atom stereocenters. The van der Waals surface area contributed by atoms with Crippen LogP contribution in [0.2, 0.25) is 5.02 Å². The van der Waals surface area contributed by atoms with Crippen molar-refractivity contribution in [2.24, 2.45) is 0 Å². The second-order valence-corrected chi connectivity index (χ2v) is 8.38. The summed E-state index contributed by atoms with van der Waals surface area (Å²) in [6.07, 6.45) is 1.59. The predicted octanol–water partition coefficient (Wildman–Crippen LogP) is 3.67. The van der Waals surface area contributed by atoms with Crippen molar-refractivity contribution in [1.82, 2.24) is 15.2 Å². The molecule has 2 N–H and O–H groups in total. The topological polar surface area (TPSA) is 77.6 Å². The normalized spacial score (nSPS) is 13.5. The van der Waals surface area contributed by atoms with E-state index < -0.39 is 0 Å². The Morgan fingerprint density at radius 1 is 1.09 bits per heavy atom. The first-order valence-electron chi connectivity index (χ1n) is 10.8. The Morgan fingerprint density at radius 2 is 1.85 bits per heavy atom. The highest BCUT2D eigenvalue weighted by molar-refractivity contribution is 6.31. The number of hydrogen-bond acceptors (Lipinski definition) is 5. The van der Waals surface area contributed by atoms with Gasteiger partial charge in [-0.25, -0.2) is 4.98 Å². The van der Waals surface area contributed by atoms with Crippen LogP contribution in [-0.4, -0.2) is 54.9 Å². The molecule has 0 saturated carbocycles. The van der Waals surface area contributed by atoms with E-state index in [4.69, 9.17) is 11.6 Å². The number of anilines is 2. The molecular weight excluding hydrogens is 438 g/mol. The summed E-state index contributed by atoms with van der Waals surface area (Å²) in [5.41, 5.74) is 2.38. The summed E-state index contributed by atoms with van der Waals surface area (Å²) in [5.74, 6) is 0.158. The molecule has 1 saturated heterocycles. The molecule has 1 aromatic heterocycles. The van der Waals surface area contributed by atoms with E-state index in [0.29, 0.717) is 34.2 Å². The molecule has 0 radical (unpaired) electrons. The Bertz CT molecular complexity index is 1130. The monoisotopic (exact) mass is 463 g/mol. The second-order valence-electron chi connectivity index (χ2n) is 7.94. The molecule has 1 aliphatic rings. The van der Waals surface area contributed by atoms with Gasteiger partial charge in [0.05, 0.1) is 17.4 Å². The number of pyridine rings is 1. The van der Waals surface area contributed by atoms with Crippen LogP contribution in [0.1, 0.15) is 26.3 Å². The number of hydrogen-bond donors (Lipinski definition) is 2. The van der Waals surface area contributed by atoms with Crippen molar-refractivity contribution in [3.8, 4) is 0 Å². The lowest BCUT2D eigenvalue weighted by Gasteiger charge is -2.30. The molecule has 4 rings (SSSR count). The van der Waals surface area contributed by atoms with E-state index in [1.807, 2.05) is 30.3 Å². The third-order valence-electron chi connectivity index (χ3n) is 5.47. The van der Waals surface area contributed by atoms with Gasteiger partial charge in [-0.2, -0.15) is 0 Å². The smallest absolute Gasteiger partial charge is 0.257 e. The summed E-state index contributed by atoms with van der Waals surface area (Å²) in [5, 5.41) is 6.63. The molecule has 0 unspecified atom stereocenters. The van der Waals surface area contributed by atoms with E-state index in [0.717, 1.165) is 31.7 Å². The van der Waals surface area contributed by atoms with E-state index in [-0.39, 0.29) is 11.8 Å². The van der Waals surface area contributed by atoms with Crippen LogP contribution in [0, 0.1) is 0 Å². The van der Waals surface area contributed by atoms with Crippen LogP contribution in [-0.2, 0) is 6.54 Å². The molecule has 2 heterocycles. The van der Waals surface area contributed by atoms with Crippen LogP contribution in [0.15, 0.2) is 66.9 Å². The Hall–Kier alpha value is -3.42. The summed E-state index contributed by atoms with van der Waals surface area (Å²) in [7, 11) is 1.77. The molecule has 2 aromatic carbocycles. The zero-order valence-corrected chi connectivity index (χ0v) is 19.2. The fourth-order valence-electron chi connectivity index (χ4n) is 3.78. The Kier molecular flexibility index (Phi) is 7.22. The van der Waals surface area contributed by atoms with E-state index >= 15 is 0 Å². The summed E-state index contributed by atoms with van der Waals surface area (Å²) >= 11 is 6.01. The fraction of sp³-hybridized carbons (Fsp3) is 0.240. The first kappa shape index (κ1) is 22.8. The van der Waals surface area contributed by atoms with Gasteiger partial charge in [0.15, 0.2) is 0 Å². The minimum absolute atomic E-state index is 0.154. The van der Waals surface area contributed by atoms with Gasteiger partial charge in [-0.1, -0.05) is 48.0 Å². The maximum Gasteiger partial charge on any atom is 0.257 e. The average Bonchev–Trinajstić information content (AvgIpc) is 2.84. The molecule has 1 fully saturated rings. The van der Waals surface area contributed by atoms with Gasteiger partial charge in [0, 0.05) is 50.4 Å². The van der Waals surface area contributed by atoms with Gasteiger partial charge in [-0.05, 0) is 29.8 Å². The number of halogens is 1. The molecule has 170 valence electrons. The lowest BCUT2D eigenvalue weighted by molar-refractivity contribution is 0.0785. The third-order valence-corrected chi connectivity index (χ3v) is 5.70. The van der Waals surface area contributed by atoms with Crippen molar-refractivity contribution in [3.63, 3.8) is 0 Å². The standard InChI is InChI=1S/C25H26ClN5O2/c1-30(17-18-6-3-2-4-7-18)25(33)22-15-21(16-28-23(22)31-12-10-27-11-13-31)29-24(32)19-8-5-9-20(26)14-19/h2-9,14-16,27H,10-13,17H2,1H3,(H,29,32). The highest BCUT2D eigenvalue weighted by Gasteiger charge is 2.23. The summed E-state index contributed by atoms with van der Waals surface area (Å²) < 4.78 is 0. The number of rotatable bonds is 6. The highest BCUT2D eigenvalue weighted by atomic mass is 35.5. The van der Waals surface area contributed by atoms with Crippen LogP contribution < -0.4 is 15.5 Å². The summed E-state index contributed by atoms with van der Waals surface area (Å²) in [6, 6.07) is 18.2. The van der Waals surface area contributed by atoms with Gasteiger partial charge in [0.1, 0.15) is 5.82 Å². The zero-order valence-electron chi connectivity index (χ0n) is 18.4. The van der Waals surface area contributed by atoms with Crippen molar-refractivity contribution >= 4 is 34.9 Å². The Balaban J connectivity index is 1.61. The van der Waals surface area contributed by atoms with Crippen LogP contribution >= 0.6 is 11.6 Å². The number of piperazine rings is 1. The molecule has 0 bridgehead atoms. The zero-order chi connectivity index (χ0) is 23.2. The number of carbonyl (C=O) groups is 2. The number of benzene rings is 2. The summed E-state index contributed by atoms with van der Waals surface area (Å²) in [4.78, 5) is 34.5. The van der Waals surface area contributed by atoms with Crippen LogP contribution in [0.25, 0.3) is 0 Å². The summed E-state index contributed by atoms with van der Waals surface area (Å²) in [6.45, 7) is 3.62. The average molecular weight is 464 g/mol. The Labute approximate surface area is 198 Å². The maximum atomic E-state index is 13.5. The van der Waals surface area contributed by atoms with Gasteiger partial charge in [-0.15, -0.1) is 0 Å². The molecule has 0 aliphatic carbocycles. The first-order chi connectivity index (χ1) is 16.0. The van der Waals surface area contributed by atoms with Gasteiger partial charge in [0.2, 0.25) is 0 Å². The minimum Gasteiger partial charge on any atom is -0.353 e. The molecule has 0 spiro atoms. The van der Waals surface area contributed by atoms with Crippen molar-refractivity contribution in [3.05, 3.63) is 88.6 Å². The maximum absolute atomic E-state index is 13.5. The van der Waals surface area contributed by atoms with E-state index in [1.54, 1.807) is 48.5 Å². The Morgan fingerprint density at radius 3 is 2.58 bits per heavy atom. The molecule has 3 aromatic rings. The quantitative estimate of drug-likeness (QED) is 0.583. The minimum atomic E-state index is -0.315. The van der Waals surface area contributed by atoms with Crippen molar-refractivity contribution in [2.75, 3.05) is 43.4 Å². The van der Waals surface area contributed by atoms with Gasteiger partial charge in [0.25, 0.3) is 11.8 Å². The lowest BCUT2D eigenvalue weighted by Crippen LogP contribution is -2.44. The van der Waals surface area contributed by atoms with Gasteiger partial charge < -0.3 is 20.4 Å². The number of aromatic nitrogens is 1. The molecule has 1 aliphatic heterocycles. The van der Waals surface area contributed by atoms with Crippen molar-refractivity contribution in [1.29, 1.82) is 0 Å². The lowest BCUT2D eigenvalue weighted by atomic mass is 10.1. The van der Waals surface area contributed by atoms with Crippen molar-refractivity contribution < 1.29 is 9.59 Å². The molecule has 2 amide bonds. The highest BCUT2D eigenvalue weighted by Crippen LogP contribution is 2.24.